The van der Waals surface area contributed by atoms with Crippen LogP contribution >= 0.6 is 11.8 Å². The number of nitrogens with zero attached hydrogens (tertiary/aromatic N) is 3. The minimum atomic E-state index is -0.632. The lowest BCUT2D eigenvalue weighted by atomic mass is 10.3. The van der Waals surface area contributed by atoms with Crippen molar-refractivity contribution in [2.24, 2.45) is 0 Å². The van der Waals surface area contributed by atoms with Crippen molar-refractivity contribution in [3.63, 3.8) is 0 Å². The molecule has 9 nitrogen and oxygen atoms in total. The van der Waals surface area contributed by atoms with Crippen LogP contribution in [0.25, 0.3) is 5.69 Å². The lowest BCUT2D eigenvalue weighted by molar-refractivity contribution is -0.117. The van der Waals surface area contributed by atoms with Crippen molar-refractivity contribution in [1.82, 2.24) is 20.1 Å². The lowest BCUT2D eigenvalue weighted by Gasteiger charge is -2.07. The number of nitrogens with one attached hydrogen (secondary N) is 2. The molecule has 4 rings (SSSR count). The fourth-order valence-electron chi connectivity index (χ4n) is 2.45. The van der Waals surface area contributed by atoms with Crippen molar-refractivity contribution in [2.45, 2.75) is 5.16 Å². The lowest BCUT2D eigenvalue weighted by Crippen LogP contribution is -2.35. The maximum Gasteiger partial charge on any atom is 0.325 e. The van der Waals surface area contributed by atoms with Gasteiger partial charge in [0.1, 0.15) is 6.33 Å². The average molecular weight is 397 g/mol. The SMILES string of the molecule is O=C(CSc1ncn(-c2ccccc2)n1)NC(=O)Nc1ccc2c(c1)OCO2. The van der Waals surface area contributed by atoms with Gasteiger partial charge >= 0.3 is 6.03 Å². The van der Waals surface area contributed by atoms with E-state index >= 15 is 0 Å². The molecule has 0 spiro atoms. The summed E-state index contributed by atoms with van der Waals surface area (Å²) in [5, 5.41) is 9.57. The number of hydrogen-bond donors (Lipinski definition) is 2. The molecule has 10 heteroatoms. The molecule has 0 fully saturated rings. The fourth-order valence-corrected chi connectivity index (χ4v) is 3.05. The number of thioether (sulfide) groups is 1. The highest BCUT2D eigenvalue weighted by Crippen LogP contribution is 2.34. The van der Waals surface area contributed by atoms with Crippen LogP contribution in [0.1, 0.15) is 0 Å². The van der Waals surface area contributed by atoms with Crippen molar-refractivity contribution in [2.75, 3.05) is 17.9 Å². The third kappa shape index (κ3) is 4.23. The first-order valence-corrected chi connectivity index (χ1v) is 9.26. The second kappa shape index (κ2) is 8.01. The summed E-state index contributed by atoms with van der Waals surface area (Å²) in [6.07, 6.45) is 1.57. The van der Waals surface area contributed by atoms with E-state index < -0.39 is 11.9 Å². The molecule has 0 radical (unpaired) electrons. The number of amides is 3. The number of carbonyl (C=O) groups excluding carboxylic acids is 2. The monoisotopic (exact) mass is 397 g/mol. The zero-order valence-electron chi connectivity index (χ0n) is 14.5. The van der Waals surface area contributed by atoms with Crippen molar-refractivity contribution in [3.8, 4) is 17.2 Å². The van der Waals surface area contributed by atoms with E-state index in [2.05, 4.69) is 20.7 Å². The number of aromatic nitrogens is 3. The van der Waals surface area contributed by atoms with Gasteiger partial charge in [-0.2, -0.15) is 0 Å². The molecule has 2 N–H and O–H groups in total. The molecule has 2 heterocycles. The summed E-state index contributed by atoms with van der Waals surface area (Å²) in [5.41, 5.74) is 1.36. The van der Waals surface area contributed by atoms with Gasteiger partial charge in [0.15, 0.2) is 11.5 Å². The third-order valence-corrected chi connectivity index (χ3v) is 4.56. The first-order valence-electron chi connectivity index (χ1n) is 8.28. The summed E-state index contributed by atoms with van der Waals surface area (Å²) in [7, 11) is 0. The maximum atomic E-state index is 12.0. The predicted molar refractivity (Wildman–Crippen MR) is 102 cm³/mol. The van der Waals surface area contributed by atoms with E-state index in [1.807, 2.05) is 30.3 Å². The van der Waals surface area contributed by atoms with Gasteiger partial charge in [-0.1, -0.05) is 30.0 Å². The Hall–Kier alpha value is -3.53. The summed E-state index contributed by atoms with van der Waals surface area (Å²) >= 11 is 1.14. The van der Waals surface area contributed by atoms with E-state index in [9.17, 15) is 9.59 Å². The maximum absolute atomic E-state index is 12.0. The highest BCUT2D eigenvalue weighted by atomic mass is 32.2. The van der Waals surface area contributed by atoms with Crippen LogP contribution in [0.4, 0.5) is 10.5 Å². The van der Waals surface area contributed by atoms with E-state index in [0.717, 1.165) is 17.4 Å². The van der Waals surface area contributed by atoms with Crippen LogP contribution in [0.3, 0.4) is 0 Å². The average Bonchev–Trinajstić information content (AvgIpc) is 3.36. The molecule has 3 amide bonds. The molecule has 1 aliphatic rings. The van der Waals surface area contributed by atoms with Crippen LogP contribution < -0.4 is 20.1 Å². The summed E-state index contributed by atoms with van der Waals surface area (Å²) in [6, 6.07) is 13.8. The first kappa shape index (κ1) is 17.9. The van der Waals surface area contributed by atoms with E-state index in [-0.39, 0.29) is 12.5 Å². The number of rotatable bonds is 5. The van der Waals surface area contributed by atoms with Crippen LogP contribution in [-0.4, -0.2) is 39.2 Å². The van der Waals surface area contributed by atoms with Gasteiger partial charge in [0.05, 0.1) is 11.4 Å². The number of carbonyl (C=O) groups is 2. The van der Waals surface area contributed by atoms with Gasteiger partial charge in [0.2, 0.25) is 17.9 Å². The molecule has 3 aromatic rings. The number of ether oxygens (including phenoxy) is 2. The minimum absolute atomic E-state index is 0.00730. The Kier molecular flexibility index (Phi) is 5.11. The van der Waals surface area contributed by atoms with Crippen LogP contribution in [0.15, 0.2) is 60.0 Å². The molecule has 0 aliphatic carbocycles. The number of urea groups is 1. The molecule has 28 heavy (non-hydrogen) atoms. The summed E-state index contributed by atoms with van der Waals surface area (Å²) in [4.78, 5) is 28.1. The van der Waals surface area contributed by atoms with Gasteiger partial charge in [-0.05, 0) is 24.3 Å². The van der Waals surface area contributed by atoms with E-state index in [1.54, 1.807) is 29.2 Å². The van der Waals surface area contributed by atoms with Crippen molar-refractivity contribution in [3.05, 3.63) is 54.9 Å². The van der Waals surface area contributed by atoms with Crippen LogP contribution in [0, 0.1) is 0 Å². The van der Waals surface area contributed by atoms with Crippen LogP contribution in [0.5, 0.6) is 11.5 Å². The smallest absolute Gasteiger partial charge is 0.325 e. The largest absolute Gasteiger partial charge is 0.454 e. The van der Waals surface area contributed by atoms with Gasteiger partial charge in [0.25, 0.3) is 0 Å². The molecule has 0 saturated heterocycles. The number of fused-ring (bicyclic) bond motifs is 1. The van der Waals surface area contributed by atoms with Gasteiger partial charge in [-0.25, -0.2) is 14.5 Å². The Morgan fingerprint density at radius 1 is 1.11 bits per heavy atom. The number of benzene rings is 2. The normalized spacial score (nSPS) is 11.9. The molecule has 0 atom stereocenters. The van der Waals surface area contributed by atoms with Crippen molar-refractivity contribution in [1.29, 1.82) is 0 Å². The molecule has 0 unspecified atom stereocenters. The molecule has 0 bridgehead atoms. The standard InChI is InChI=1S/C18H15N5O4S/c24-16(9-28-18-19-10-23(22-18)13-4-2-1-3-5-13)21-17(25)20-12-6-7-14-15(8-12)27-11-26-14/h1-8,10H,9,11H2,(H2,20,21,24,25). The second-order valence-electron chi connectivity index (χ2n) is 5.67. The van der Waals surface area contributed by atoms with E-state index in [0.29, 0.717) is 22.3 Å². The number of anilines is 1. The highest BCUT2D eigenvalue weighted by molar-refractivity contribution is 7.99. The first-order chi connectivity index (χ1) is 13.7. The minimum Gasteiger partial charge on any atom is -0.454 e. The molecular weight excluding hydrogens is 382 g/mol. The predicted octanol–water partition coefficient (Wildman–Crippen LogP) is 2.44. The molecule has 0 saturated carbocycles. The zero-order chi connectivity index (χ0) is 19.3. The molecular formula is C18H15N5O4S. The van der Waals surface area contributed by atoms with Crippen LogP contribution in [0.2, 0.25) is 0 Å². The third-order valence-electron chi connectivity index (χ3n) is 3.71. The molecule has 2 aromatic carbocycles. The Morgan fingerprint density at radius 3 is 2.79 bits per heavy atom. The van der Waals surface area contributed by atoms with Gasteiger partial charge in [0, 0.05) is 11.8 Å². The van der Waals surface area contributed by atoms with E-state index in [4.69, 9.17) is 9.47 Å². The zero-order valence-corrected chi connectivity index (χ0v) is 15.3. The summed E-state index contributed by atoms with van der Waals surface area (Å²) in [6.45, 7) is 0.148. The summed E-state index contributed by atoms with van der Waals surface area (Å²) < 4.78 is 12.1. The number of imide groups is 1. The quantitative estimate of drug-likeness (QED) is 0.637. The van der Waals surface area contributed by atoms with Crippen molar-refractivity contribution < 1.29 is 19.1 Å². The Morgan fingerprint density at radius 2 is 1.93 bits per heavy atom. The van der Waals surface area contributed by atoms with Gasteiger partial charge in [-0.3, -0.25) is 10.1 Å². The Balaban J connectivity index is 1.26. The van der Waals surface area contributed by atoms with Gasteiger partial charge in [-0.15, -0.1) is 5.10 Å². The number of hydrogen-bond acceptors (Lipinski definition) is 7. The highest BCUT2D eigenvalue weighted by Gasteiger charge is 2.15. The molecule has 1 aliphatic heterocycles. The number of para-hydroxylation sites is 1. The summed E-state index contributed by atoms with van der Waals surface area (Å²) in [5.74, 6) is 0.702. The van der Waals surface area contributed by atoms with E-state index in [1.165, 1.54) is 0 Å². The van der Waals surface area contributed by atoms with Gasteiger partial charge < -0.3 is 14.8 Å². The fraction of sp³-hybridized carbons (Fsp3) is 0.111. The molecule has 142 valence electrons. The Bertz CT molecular complexity index is 1010. The molecule has 1 aromatic heterocycles. The Labute approximate surface area is 164 Å². The second-order valence-corrected chi connectivity index (χ2v) is 6.61. The van der Waals surface area contributed by atoms with Crippen molar-refractivity contribution >= 4 is 29.4 Å². The topological polar surface area (TPSA) is 107 Å². The van der Waals surface area contributed by atoms with Crippen LogP contribution in [-0.2, 0) is 4.79 Å².